The van der Waals surface area contributed by atoms with Gasteiger partial charge in [-0.1, -0.05) is 0 Å². The number of pyridine rings is 1. The van der Waals surface area contributed by atoms with Gasteiger partial charge in [-0.2, -0.15) is 5.26 Å². The molecular formula is C13H17N3O. The molecule has 0 aromatic carbocycles. The predicted molar refractivity (Wildman–Crippen MR) is 64.8 cm³/mol. The molecule has 0 radical (unpaired) electrons. The largest absolute Gasteiger partial charge is 0.477 e. The summed E-state index contributed by atoms with van der Waals surface area (Å²) in [7, 11) is 0. The average Bonchev–Trinajstić information content (AvgIpc) is 2.37. The SMILES string of the molecule is Cc1cc(C#N)cc(OCC2CCNCC2)n1. The lowest BCUT2D eigenvalue weighted by Crippen LogP contribution is -2.30. The Morgan fingerprint density at radius 1 is 1.47 bits per heavy atom. The third kappa shape index (κ3) is 3.43. The minimum Gasteiger partial charge on any atom is -0.477 e. The van der Waals surface area contributed by atoms with E-state index >= 15 is 0 Å². The highest BCUT2D eigenvalue weighted by atomic mass is 16.5. The molecule has 1 aliphatic heterocycles. The minimum atomic E-state index is 0.570. The molecule has 0 atom stereocenters. The van der Waals surface area contributed by atoms with Crippen molar-refractivity contribution in [3.8, 4) is 11.9 Å². The van der Waals surface area contributed by atoms with E-state index in [0.717, 1.165) is 31.6 Å². The van der Waals surface area contributed by atoms with Crippen LogP contribution < -0.4 is 10.1 Å². The number of nitrogens with one attached hydrogen (secondary N) is 1. The van der Waals surface area contributed by atoms with Crippen LogP contribution >= 0.6 is 0 Å². The maximum Gasteiger partial charge on any atom is 0.214 e. The average molecular weight is 231 g/mol. The Labute approximate surface area is 102 Å². The molecule has 4 heteroatoms. The summed E-state index contributed by atoms with van der Waals surface area (Å²) in [6.45, 7) is 4.71. The minimum absolute atomic E-state index is 0.570. The van der Waals surface area contributed by atoms with Gasteiger partial charge in [0.05, 0.1) is 18.2 Å². The summed E-state index contributed by atoms with van der Waals surface area (Å²) in [5.74, 6) is 1.17. The fraction of sp³-hybridized carbons (Fsp3) is 0.538. The second-order valence-corrected chi connectivity index (χ2v) is 4.45. The first-order chi connectivity index (χ1) is 8.28. The molecule has 1 aliphatic rings. The second kappa shape index (κ2) is 5.65. The highest BCUT2D eigenvalue weighted by Gasteiger charge is 2.14. The fourth-order valence-corrected chi connectivity index (χ4v) is 2.03. The molecule has 0 bridgehead atoms. The van der Waals surface area contributed by atoms with Gasteiger partial charge in [0, 0.05) is 11.8 Å². The van der Waals surface area contributed by atoms with E-state index in [9.17, 15) is 0 Å². The molecule has 0 spiro atoms. The smallest absolute Gasteiger partial charge is 0.214 e. The maximum absolute atomic E-state index is 8.86. The van der Waals surface area contributed by atoms with Crippen molar-refractivity contribution >= 4 is 0 Å². The number of nitriles is 1. The van der Waals surface area contributed by atoms with Gasteiger partial charge in [0.15, 0.2) is 0 Å². The third-order valence-electron chi connectivity index (χ3n) is 2.98. The molecule has 2 rings (SSSR count). The molecule has 17 heavy (non-hydrogen) atoms. The van der Waals surface area contributed by atoms with Crippen LogP contribution in [0.25, 0.3) is 0 Å². The zero-order valence-electron chi connectivity index (χ0n) is 10.1. The van der Waals surface area contributed by atoms with Gasteiger partial charge in [0.25, 0.3) is 0 Å². The van der Waals surface area contributed by atoms with Crippen LogP contribution in [0.3, 0.4) is 0 Å². The molecule has 1 saturated heterocycles. The van der Waals surface area contributed by atoms with Crippen molar-refractivity contribution in [1.29, 1.82) is 5.26 Å². The zero-order chi connectivity index (χ0) is 12.1. The molecule has 1 N–H and O–H groups in total. The Morgan fingerprint density at radius 2 is 2.24 bits per heavy atom. The first kappa shape index (κ1) is 11.9. The summed E-state index contributed by atoms with van der Waals surface area (Å²) in [6.07, 6.45) is 2.30. The Morgan fingerprint density at radius 3 is 2.94 bits per heavy atom. The molecule has 2 heterocycles. The fourth-order valence-electron chi connectivity index (χ4n) is 2.03. The van der Waals surface area contributed by atoms with Crippen molar-refractivity contribution in [2.45, 2.75) is 19.8 Å². The molecule has 0 amide bonds. The lowest BCUT2D eigenvalue weighted by atomic mass is 9.99. The summed E-state index contributed by atoms with van der Waals surface area (Å²) < 4.78 is 5.68. The number of hydrogen-bond donors (Lipinski definition) is 1. The molecular weight excluding hydrogens is 214 g/mol. The van der Waals surface area contributed by atoms with Gasteiger partial charge in [-0.05, 0) is 44.8 Å². The number of nitrogens with zero attached hydrogens (tertiary/aromatic N) is 2. The van der Waals surface area contributed by atoms with E-state index in [1.54, 1.807) is 12.1 Å². The molecule has 4 nitrogen and oxygen atoms in total. The van der Waals surface area contributed by atoms with Crippen molar-refractivity contribution in [3.63, 3.8) is 0 Å². The van der Waals surface area contributed by atoms with Gasteiger partial charge in [0.2, 0.25) is 5.88 Å². The summed E-state index contributed by atoms with van der Waals surface area (Å²) >= 11 is 0. The van der Waals surface area contributed by atoms with Crippen LogP contribution in [-0.2, 0) is 0 Å². The van der Waals surface area contributed by atoms with E-state index in [4.69, 9.17) is 10.00 Å². The third-order valence-corrected chi connectivity index (χ3v) is 2.98. The number of rotatable bonds is 3. The molecule has 1 aromatic heterocycles. The van der Waals surface area contributed by atoms with Crippen LogP contribution in [-0.4, -0.2) is 24.7 Å². The quantitative estimate of drug-likeness (QED) is 0.859. The lowest BCUT2D eigenvalue weighted by molar-refractivity contribution is 0.208. The number of ether oxygens (including phenoxy) is 1. The van der Waals surface area contributed by atoms with Gasteiger partial charge >= 0.3 is 0 Å². The van der Waals surface area contributed by atoms with Crippen molar-refractivity contribution in [1.82, 2.24) is 10.3 Å². The van der Waals surface area contributed by atoms with Gasteiger partial charge in [-0.15, -0.1) is 0 Å². The highest BCUT2D eigenvalue weighted by molar-refractivity contribution is 5.34. The lowest BCUT2D eigenvalue weighted by Gasteiger charge is -2.22. The molecule has 0 aliphatic carbocycles. The molecule has 1 aromatic rings. The van der Waals surface area contributed by atoms with Crippen LogP contribution in [0.15, 0.2) is 12.1 Å². The Hall–Kier alpha value is -1.60. The predicted octanol–water partition coefficient (Wildman–Crippen LogP) is 1.64. The topological polar surface area (TPSA) is 57.9 Å². The van der Waals surface area contributed by atoms with E-state index in [1.165, 1.54) is 0 Å². The van der Waals surface area contributed by atoms with Crippen LogP contribution in [0.4, 0.5) is 0 Å². The first-order valence-electron chi connectivity index (χ1n) is 6.00. The second-order valence-electron chi connectivity index (χ2n) is 4.45. The van der Waals surface area contributed by atoms with E-state index < -0.39 is 0 Å². The van der Waals surface area contributed by atoms with Gasteiger partial charge in [-0.25, -0.2) is 4.98 Å². The van der Waals surface area contributed by atoms with Crippen molar-refractivity contribution in [2.24, 2.45) is 5.92 Å². The maximum atomic E-state index is 8.86. The van der Waals surface area contributed by atoms with Crippen LogP contribution in [0, 0.1) is 24.2 Å². The van der Waals surface area contributed by atoms with Crippen molar-refractivity contribution < 1.29 is 4.74 Å². The van der Waals surface area contributed by atoms with E-state index in [-0.39, 0.29) is 0 Å². The Kier molecular flexibility index (Phi) is 3.94. The van der Waals surface area contributed by atoms with Crippen LogP contribution in [0.2, 0.25) is 0 Å². The van der Waals surface area contributed by atoms with Gasteiger partial charge in [0.1, 0.15) is 0 Å². The summed E-state index contributed by atoms with van der Waals surface area (Å²) in [6, 6.07) is 5.58. The molecule has 1 fully saturated rings. The number of hydrogen-bond acceptors (Lipinski definition) is 4. The Balaban J connectivity index is 1.94. The summed E-state index contributed by atoms with van der Waals surface area (Å²) in [5.41, 5.74) is 1.43. The van der Waals surface area contributed by atoms with Crippen molar-refractivity contribution in [3.05, 3.63) is 23.4 Å². The van der Waals surface area contributed by atoms with Crippen LogP contribution in [0.1, 0.15) is 24.1 Å². The molecule has 0 saturated carbocycles. The standard InChI is InChI=1S/C13H17N3O/c1-10-6-12(8-14)7-13(16-10)17-9-11-2-4-15-5-3-11/h6-7,11,15H,2-5,9H2,1H3. The first-order valence-corrected chi connectivity index (χ1v) is 6.00. The summed E-state index contributed by atoms with van der Waals surface area (Å²) in [5, 5.41) is 12.2. The number of aromatic nitrogens is 1. The van der Waals surface area contributed by atoms with Gasteiger partial charge in [-0.3, -0.25) is 0 Å². The zero-order valence-corrected chi connectivity index (χ0v) is 10.1. The van der Waals surface area contributed by atoms with E-state index in [1.807, 2.05) is 6.92 Å². The molecule has 0 unspecified atom stereocenters. The Bertz CT molecular complexity index is 419. The normalized spacial score (nSPS) is 16.5. The van der Waals surface area contributed by atoms with E-state index in [2.05, 4.69) is 16.4 Å². The van der Waals surface area contributed by atoms with Crippen LogP contribution in [0.5, 0.6) is 5.88 Å². The number of piperidine rings is 1. The van der Waals surface area contributed by atoms with E-state index in [0.29, 0.717) is 24.0 Å². The monoisotopic (exact) mass is 231 g/mol. The highest BCUT2D eigenvalue weighted by Crippen LogP contribution is 2.16. The summed E-state index contributed by atoms with van der Waals surface area (Å²) in [4.78, 5) is 4.28. The molecule has 90 valence electrons. The van der Waals surface area contributed by atoms with Crippen molar-refractivity contribution in [2.75, 3.05) is 19.7 Å². The number of aryl methyl sites for hydroxylation is 1. The van der Waals surface area contributed by atoms with Gasteiger partial charge < -0.3 is 10.1 Å².